The summed E-state index contributed by atoms with van der Waals surface area (Å²) in [7, 11) is 0. The molecule has 1 saturated heterocycles. The lowest BCUT2D eigenvalue weighted by Crippen LogP contribution is -2.48. The Morgan fingerprint density at radius 2 is 1.95 bits per heavy atom. The molecule has 0 aromatic rings. The molecule has 0 radical (unpaired) electrons. The number of amides is 2. The SMILES string of the molecule is CCOC(=O)N1CCC(NC(=O)C(CN)CC(C)C)CC1. The van der Waals surface area contributed by atoms with E-state index in [-0.39, 0.29) is 24.0 Å². The van der Waals surface area contributed by atoms with Crippen molar-refractivity contribution in [1.29, 1.82) is 0 Å². The molecule has 0 bridgehead atoms. The Balaban J connectivity index is 2.37. The summed E-state index contributed by atoms with van der Waals surface area (Å²) in [5, 5.41) is 3.07. The van der Waals surface area contributed by atoms with Crippen molar-refractivity contribution in [3.63, 3.8) is 0 Å². The van der Waals surface area contributed by atoms with Gasteiger partial charge in [-0.05, 0) is 32.1 Å². The molecule has 1 unspecified atom stereocenters. The number of hydrogen-bond acceptors (Lipinski definition) is 4. The van der Waals surface area contributed by atoms with Gasteiger partial charge in [0.2, 0.25) is 5.91 Å². The van der Waals surface area contributed by atoms with Crippen molar-refractivity contribution in [2.45, 2.75) is 46.1 Å². The number of piperidine rings is 1. The van der Waals surface area contributed by atoms with Gasteiger partial charge in [-0.15, -0.1) is 0 Å². The van der Waals surface area contributed by atoms with Crippen LogP contribution in [-0.4, -0.2) is 49.2 Å². The topological polar surface area (TPSA) is 84.7 Å². The molecular formula is C15H29N3O3. The minimum Gasteiger partial charge on any atom is -0.450 e. The molecule has 2 amide bonds. The first-order valence-corrected chi connectivity index (χ1v) is 7.90. The largest absolute Gasteiger partial charge is 0.450 e. The number of hydrogen-bond donors (Lipinski definition) is 2. The fourth-order valence-corrected chi connectivity index (χ4v) is 2.62. The zero-order valence-corrected chi connectivity index (χ0v) is 13.4. The van der Waals surface area contributed by atoms with E-state index in [1.165, 1.54) is 0 Å². The van der Waals surface area contributed by atoms with Gasteiger partial charge in [-0.25, -0.2) is 4.79 Å². The van der Waals surface area contributed by atoms with E-state index >= 15 is 0 Å². The Labute approximate surface area is 127 Å². The summed E-state index contributed by atoms with van der Waals surface area (Å²) < 4.78 is 4.98. The molecule has 3 N–H and O–H groups in total. The maximum atomic E-state index is 12.2. The van der Waals surface area contributed by atoms with Crippen LogP contribution in [0.3, 0.4) is 0 Å². The van der Waals surface area contributed by atoms with Crippen LogP contribution in [-0.2, 0) is 9.53 Å². The molecule has 21 heavy (non-hydrogen) atoms. The average Bonchev–Trinajstić information content (AvgIpc) is 2.45. The lowest BCUT2D eigenvalue weighted by Gasteiger charge is -2.32. The van der Waals surface area contributed by atoms with Crippen LogP contribution in [0.1, 0.15) is 40.0 Å². The second kappa shape index (κ2) is 8.87. The van der Waals surface area contributed by atoms with Gasteiger partial charge in [-0.1, -0.05) is 13.8 Å². The highest BCUT2D eigenvalue weighted by atomic mass is 16.6. The molecule has 6 nitrogen and oxygen atoms in total. The number of ether oxygens (including phenoxy) is 1. The van der Waals surface area contributed by atoms with Gasteiger partial charge in [0.15, 0.2) is 0 Å². The number of carbonyl (C=O) groups is 2. The summed E-state index contributed by atoms with van der Waals surface area (Å²) in [6.07, 6.45) is 2.08. The van der Waals surface area contributed by atoms with Gasteiger partial charge < -0.3 is 20.7 Å². The van der Waals surface area contributed by atoms with Crippen LogP contribution >= 0.6 is 0 Å². The van der Waals surface area contributed by atoms with Gasteiger partial charge in [0.05, 0.1) is 12.5 Å². The Hall–Kier alpha value is -1.30. The van der Waals surface area contributed by atoms with Gasteiger partial charge >= 0.3 is 6.09 Å². The van der Waals surface area contributed by atoms with E-state index in [0.717, 1.165) is 19.3 Å². The van der Waals surface area contributed by atoms with Gasteiger partial charge in [0.25, 0.3) is 0 Å². The number of likely N-dealkylation sites (tertiary alicyclic amines) is 1. The average molecular weight is 299 g/mol. The van der Waals surface area contributed by atoms with E-state index in [4.69, 9.17) is 10.5 Å². The second-order valence-corrected chi connectivity index (χ2v) is 6.03. The molecule has 6 heteroatoms. The number of rotatable bonds is 6. The molecule has 0 spiro atoms. The Morgan fingerprint density at radius 1 is 1.33 bits per heavy atom. The molecule has 0 aromatic carbocycles. The third-order valence-corrected chi connectivity index (χ3v) is 3.78. The third-order valence-electron chi connectivity index (χ3n) is 3.78. The molecule has 1 fully saturated rings. The number of nitrogens with two attached hydrogens (primary N) is 1. The zero-order valence-electron chi connectivity index (χ0n) is 13.4. The molecule has 1 atom stereocenters. The summed E-state index contributed by atoms with van der Waals surface area (Å²) in [6, 6.07) is 0.129. The monoisotopic (exact) mass is 299 g/mol. The minimum atomic E-state index is -0.262. The van der Waals surface area contributed by atoms with Crippen LogP contribution in [0.2, 0.25) is 0 Å². The molecule has 0 saturated carbocycles. The van der Waals surface area contributed by atoms with Crippen molar-refractivity contribution in [3.8, 4) is 0 Å². The van der Waals surface area contributed by atoms with Gasteiger partial charge in [0, 0.05) is 25.7 Å². The lowest BCUT2D eigenvalue weighted by molar-refractivity contribution is -0.126. The van der Waals surface area contributed by atoms with E-state index in [9.17, 15) is 9.59 Å². The molecule has 122 valence electrons. The van der Waals surface area contributed by atoms with Crippen molar-refractivity contribution < 1.29 is 14.3 Å². The van der Waals surface area contributed by atoms with Crippen LogP contribution in [0.15, 0.2) is 0 Å². The van der Waals surface area contributed by atoms with Crippen LogP contribution in [0, 0.1) is 11.8 Å². The summed E-state index contributed by atoms with van der Waals surface area (Å²) in [5.41, 5.74) is 5.69. The lowest BCUT2D eigenvalue weighted by atomic mass is 9.95. The second-order valence-electron chi connectivity index (χ2n) is 6.03. The van der Waals surface area contributed by atoms with Crippen molar-refractivity contribution in [2.24, 2.45) is 17.6 Å². The van der Waals surface area contributed by atoms with Crippen molar-refractivity contribution in [1.82, 2.24) is 10.2 Å². The van der Waals surface area contributed by atoms with Crippen LogP contribution in [0.4, 0.5) is 4.79 Å². The first-order chi connectivity index (χ1) is 9.97. The molecule has 1 aliphatic rings. The molecule has 1 aliphatic heterocycles. The van der Waals surface area contributed by atoms with E-state index in [0.29, 0.717) is 32.2 Å². The highest BCUT2D eigenvalue weighted by Crippen LogP contribution is 2.15. The smallest absolute Gasteiger partial charge is 0.409 e. The molecule has 0 aliphatic carbocycles. The van der Waals surface area contributed by atoms with E-state index < -0.39 is 0 Å². The maximum absolute atomic E-state index is 12.2. The predicted molar refractivity (Wildman–Crippen MR) is 81.8 cm³/mol. The van der Waals surface area contributed by atoms with Crippen LogP contribution < -0.4 is 11.1 Å². The summed E-state index contributed by atoms with van der Waals surface area (Å²) in [5.74, 6) is 0.379. The fraction of sp³-hybridized carbons (Fsp3) is 0.867. The molecule has 0 aromatic heterocycles. The maximum Gasteiger partial charge on any atom is 0.409 e. The summed E-state index contributed by atoms with van der Waals surface area (Å²) >= 11 is 0. The van der Waals surface area contributed by atoms with Crippen molar-refractivity contribution in [2.75, 3.05) is 26.2 Å². The molecular weight excluding hydrogens is 270 g/mol. The van der Waals surface area contributed by atoms with E-state index in [1.54, 1.807) is 11.8 Å². The highest BCUT2D eigenvalue weighted by molar-refractivity contribution is 5.79. The quantitative estimate of drug-likeness (QED) is 0.775. The highest BCUT2D eigenvalue weighted by Gasteiger charge is 2.26. The first-order valence-electron chi connectivity index (χ1n) is 7.90. The predicted octanol–water partition coefficient (Wildman–Crippen LogP) is 1.34. The van der Waals surface area contributed by atoms with Gasteiger partial charge in [0.1, 0.15) is 0 Å². The third kappa shape index (κ3) is 5.91. The van der Waals surface area contributed by atoms with Crippen LogP contribution in [0.5, 0.6) is 0 Å². The van der Waals surface area contributed by atoms with Crippen molar-refractivity contribution in [3.05, 3.63) is 0 Å². The summed E-state index contributed by atoms with van der Waals surface area (Å²) in [6.45, 7) is 8.01. The number of nitrogens with one attached hydrogen (secondary N) is 1. The zero-order chi connectivity index (χ0) is 15.8. The molecule has 1 rings (SSSR count). The molecule has 1 heterocycles. The van der Waals surface area contributed by atoms with E-state index in [1.807, 2.05) is 0 Å². The van der Waals surface area contributed by atoms with Crippen LogP contribution in [0.25, 0.3) is 0 Å². The normalized spacial score (nSPS) is 17.7. The Morgan fingerprint density at radius 3 is 2.43 bits per heavy atom. The van der Waals surface area contributed by atoms with E-state index in [2.05, 4.69) is 19.2 Å². The summed E-state index contributed by atoms with van der Waals surface area (Å²) in [4.78, 5) is 25.5. The standard InChI is InChI=1S/C15H29N3O3/c1-4-21-15(20)18-7-5-13(6-8-18)17-14(19)12(10-16)9-11(2)3/h11-13H,4-10,16H2,1-3H3,(H,17,19). The number of carbonyl (C=O) groups excluding carboxylic acids is 2. The van der Waals surface area contributed by atoms with Crippen molar-refractivity contribution >= 4 is 12.0 Å². The minimum absolute atomic E-state index is 0.0424. The Bertz CT molecular complexity index is 339. The Kier molecular flexibility index (Phi) is 7.50. The van der Waals surface area contributed by atoms with Gasteiger partial charge in [-0.2, -0.15) is 0 Å². The fourth-order valence-electron chi connectivity index (χ4n) is 2.62. The number of nitrogens with zero attached hydrogens (tertiary/aromatic N) is 1. The first kappa shape index (κ1) is 17.8. The van der Waals surface area contributed by atoms with Gasteiger partial charge in [-0.3, -0.25) is 4.79 Å².